The van der Waals surface area contributed by atoms with E-state index in [1.165, 1.54) is 0 Å². The van der Waals surface area contributed by atoms with E-state index in [2.05, 4.69) is 51.4 Å². The van der Waals surface area contributed by atoms with E-state index in [1.807, 2.05) is 72.8 Å². The molecule has 6 heterocycles. The fraction of sp³-hybridized carbons (Fsp3) is 0. The fourth-order valence-corrected chi connectivity index (χ4v) is 12.2. The third-order valence-corrected chi connectivity index (χ3v) is 14.6. The number of H-pyrrole nitrogens is 3. The van der Waals surface area contributed by atoms with Crippen LogP contribution in [0.5, 0.6) is 0 Å². The van der Waals surface area contributed by atoms with Crippen molar-refractivity contribution in [2.45, 2.75) is 0 Å². The molecule has 0 aliphatic heterocycles. The molecule has 7 aromatic carbocycles. The van der Waals surface area contributed by atoms with Crippen LogP contribution in [-0.2, 0) is 0 Å². The summed E-state index contributed by atoms with van der Waals surface area (Å²) in [6, 6.07) is 36.5. The summed E-state index contributed by atoms with van der Waals surface area (Å²) in [5, 5.41) is 8.66. The molecule has 0 unspecified atom stereocenters. The van der Waals surface area contributed by atoms with Gasteiger partial charge in [0.25, 0.3) is 0 Å². The van der Waals surface area contributed by atoms with Crippen molar-refractivity contribution in [3.8, 4) is 0 Å². The first-order valence-electron chi connectivity index (χ1n) is 17.5. The van der Waals surface area contributed by atoms with E-state index in [0.29, 0.717) is 65.4 Å². The summed E-state index contributed by atoms with van der Waals surface area (Å²) in [4.78, 5) is 55.8. The number of fused-ring (bicyclic) bond motifs is 18. The van der Waals surface area contributed by atoms with E-state index in [9.17, 15) is 0 Å². The van der Waals surface area contributed by atoms with Crippen molar-refractivity contribution in [3.63, 3.8) is 0 Å². The zero-order valence-electron chi connectivity index (χ0n) is 27.8. The first kappa shape index (κ1) is 29.1. The van der Waals surface area contributed by atoms with Gasteiger partial charge in [-0.3, -0.25) is 14.4 Å². The van der Waals surface area contributed by atoms with E-state index in [1.54, 1.807) is 34.0 Å². The molecule has 3 N–H and O–H groups in total. The molecule has 0 amide bonds. The normalized spacial score (nSPS) is 12.7. The van der Waals surface area contributed by atoms with Crippen LogP contribution >= 0.6 is 34.0 Å². The van der Waals surface area contributed by atoms with Gasteiger partial charge in [-0.05, 0) is 54.6 Å². The highest BCUT2D eigenvalue weighted by molar-refractivity contribution is 7.26. The van der Waals surface area contributed by atoms with Crippen molar-refractivity contribution in [3.05, 3.63) is 140 Å². The molecule has 0 spiro atoms. The number of hydrogen-bond acceptors (Lipinski definition) is 6. The van der Waals surface area contributed by atoms with Gasteiger partial charge >= 0.3 is 0 Å². The standard InChI is InChI=1S/C45H21N3O3S3/c49-43-25-13-22-19-7-1-4-10-31(19)52-34(22)16-28(25)46-40-37(43)41-39(45(51)26-14-23-20-8-2-5-11-32(20)53-35(23)17-29(26)47-41)42-38(40)44(50)27-15-24-21-9-3-6-12-33(21)54-36(24)18-30(27)48-42/h1-18H,(H,46,49)(H,47,51)(H,48,50). The molecule has 0 aliphatic carbocycles. The van der Waals surface area contributed by atoms with Crippen LogP contribution in [0, 0.1) is 0 Å². The Morgan fingerprint density at radius 3 is 0.926 bits per heavy atom. The van der Waals surface area contributed by atoms with Crippen molar-refractivity contribution < 1.29 is 0 Å². The number of aromatic amines is 3. The van der Waals surface area contributed by atoms with Crippen LogP contribution in [0.2, 0.25) is 0 Å². The van der Waals surface area contributed by atoms with Gasteiger partial charge in [0, 0.05) is 76.7 Å². The van der Waals surface area contributed by atoms with Gasteiger partial charge in [-0.2, -0.15) is 0 Å². The molecule has 13 rings (SSSR count). The van der Waals surface area contributed by atoms with Crippen LogP contribution in [0.4, 0.5) is 0 Å². The summed E-state index contributed by atoms with van der Waals surface area (Å²) in [6.45, 7) is 0. The molecule has 0 bridgehead atoms. The molecule has 0 radical (unpaired) electrons. The largest absolute Gasteiger partial charge is 0.354 e. The van der Waals surface area contributed by atoms with Gasteiger partial charge in [0.1, 0.15) is 0 Å². The lowest BCUT2D eigenvalue weighted by Gasteiger charge is -2.13. The molecule has 0 fully saturated rings. The Balaban J connectivity index is 1.28. The molecule has 9 heteroatoms. The number of pyridine rings is 3. The predicted octanol–water partition coefficient (Wildman–Crippen LogP) is 11.8. The van der Waals surface area contributed by atoms with E-state index < -0.39 is 0 Å². The predicted molar refractivity (Wildman–Crippen MR) is 232 cm³/mol. The second kappa shape index (κ2) is 9.97. The third kappa shape index (κ3) is 3.61. The minimum atomic E-state index is -0.237. The van der Waals surface area contributed by atoms with Crippen LogP contribution in [0.15, 0.2) is 124 Å². The lowest BCUT2D eigenvalue weighted by atomic mass is 9.97. The second-order valence-corrected chi connectivity index (χ2v) is 17.3. The van der Waals surface area contributed by atoms with E-state index in [0.717, 1.165) is 60.5 Å². The van der Waals surface area contributed by atoms with Gasteiger partial charge in [0.15, 0.2) is 16.3 Å². The summed E-state index contributed by atoms with van der Waals surface area (Å²) >= 11 is 5.02. The highest BCUT2D eigenvalue weighted by atomic mass is 32.1. The topological polar surface area (TPSA) is 98.6 Å². The molecular formula is C45H21N3O3S3. The van der Waals surface area contributed by atoms with E-state index in [4.69, 9.17) is 0 Å². The molecule has 252 valence electrons. The van der Waals surface area contributed by atoms with Crippen LogP contribution in [0.25, 0.3) is 126 Å². The third-order valence-electron chi connectivity index (χ3n) is 11.2. The molecule has 54 heavy (non-hydrogen) atoms. The zero-order valence-corrected chi connectivity index (χ0v) is 30.3. The van der Waals surface area contributed by atoms with Crippen LogP contribution in [0.3, 0.4) is 0 Å². The second-order valence-electron chi connectivity index (χ2n) is 14.1. The highest BCUT2D eigenvalue weighted by Crippen LogP contribution is 2.40. The lowest BCUT2D eigenvalue weighted by molar-refractivity contribution is 1.45. The minimum absolute atomic E-state index is 0.237. The summed E-state index contributed by atoms with van der Waals surface area (Å²) in [7, 11) is 0. The summed E-state index contributed by atoms with van der Waals surface area (Å²) in [6.07, 6.45) is 0. The Hall–Kier alpha value is -6.39. The lowest BCUT2D eigenvalue weighted by Crippen LogP contribution is -2.15. The fourth-order valence-electron chi connectivity index (χ4n) is 8.80. The average Bonchev–Trinajstić information content (AvgIpc) is 3.86. The van der Waals surface area contributed by atoms with Crippen LogP contribution < -0.4 is 16.3 Å². The van der Waals surface area contributed by atoms with Crippen molar-refractivity contribution in [1.82, 2.24) is 15.0 Å². The smallest absolute Gasteiger partial charge is 0.199 e. The molecule has 13 aromatic rings. The van der Waals surface area contributed by atoms with Crippen molar-refractivity contribution in [2.24, 2.45) is 0 Å². The first-order chi connectivity index (χ1) is 26.5. The maximum absolute atomic E-state index is 15.0. The highest BCUT2D eigenvalue weighted by Gasteiger charge is 2.23. The Bertz CT molecular complexity index is 3650. The number of rotatable bonds is 0. The Morgan fingerprint density at radius 2 is 0.611 bits per heavy atom. The van der Waals surface area contributed by atoms with Crippen molar-refractivity contribution in [1.29, 1.82) is 0 Å². The number of aromatic nitrogens is 3. The van der Waals surface area contributed by atoms with Gasteiger partial charge in [0.05, 0.1) is 49.3 Å². The number of hydrogen-bond donors (Lipinski definition) is 3. The summed E-state index contributed by atoms with van der Waals surface area (Å²) in [5.74, 6) is 0. The average molecular weight is 748 g/mol. The molecule has 0 atom stereocenters. The van der Waals surface area contributed by atoms with Crippen LogP contribution in [-0.4, -0.2) is 15.0 Å². The molecule has 0 saturated heterocycles. The first-order valence-corrected chi connectivity index (χ1v) is 20.0. The van der Waals surface area contributed by atoms with Crippen LogP contribution in [0.1, 0.15) is 0 Å². The Kier molecular flexibility index (Phi) is 5.38. The van der Waals surface area contributed by atoms with Gasteiger partial charge in [-0.1, -0.05) is 54.6 Å². The number of thiophene rings is 3. The van der Waals surface area contributed by atoms with Crippen molar-refractivity contribution >= 4 is 160 Å². The van der Waals surface area contributed by atoms with E-state index in [-0.39, 0.29) is 16.3 Å². The summed E-state index contributed by atoms with van der Waals surface area (Å²) in [5.41, 5.74) is 2.44. The number of nitrogens with one attached hydrogen (secondary N) is 3. The molecule has 6 nitrogen and oxygen atoms in total. The maximum atomic E-state index is 15.0. The molecule has 0 saturated carbocycles. The van der Waals surface area contributed by atoms with Gasteiger partial charge in [0.2, 0.25) is 0 Å². The minimum Gasteiger partial charge on any atom is -0.354 e. The number of benzene rings is 7. The Labute approximate surface area is 313 Å². The van der Waals surface area contributed by atoms with Gasteiger partial charge in [-0.25, -0.2) is 0 Å². The summed E-state index contributed by atoms with van der Waals surface area (Å²) < 4.78 is 6.53. The molecule has 0 aliphatic rings. The quantitative estimate of drug-likeness (QED) is 0.106. The molecular weight excluding hydrogens is 727 g/mol. The van der Waals surface area contributed by atoms with Crippen molar-refractivity contribution in [2.75, 3.05) is 0 Å². The van der Waals surface area contributed by atoms with Gasteiger partial charge in [-0.15, -0.1) is 34.0 Å². The monoisotopic (exact) mass is 747 g/mol. The molecule has 6 aromatic heterocycles. The SMILES string of the molecule is O=c1c2cc3c(cc2[nH]c2c1c1[nH]c4cc5sc6ccccc6c5cc4c(=O)c1c1[nH]c4cc5sc6ccccc6c5cc4c(=O)c21)sc1ccccc13. The Morgan fingerprint density at radius 1 is 0.315 bits per heavy atom. The maximum Gasteiger partial charge on any atom is 0.199 e. The van der Waals surface area contributed by atoms with Gasteiger partial charge < -0.3 is 15.0 Å². The van der Waals surface area contributed by atoms with E-state index >= 15 is 14.4 Å². The zero-order chi connectivity index (χ0) is 35.6.